The average Bonchev–Trinajstić information content (AvgIpc) is 3.15. The number of aromatic nitrogens is 1. The highest BCUT2D eigenvalue weighted by Crippen LogP contribution is 2.21. The molecule has 1 aromatic heterocycles. The van der Waals surface area contributed by atoms with Gasteiger partial charge in [0.05, 0.1) is 17.2 Å². The predicted molar refractivity (Wildman–Crippen MR) is 127 cm³/mol. The van der Waals surface area contributed by atoms with Crippen LogP contribution >= 0.6 is 35.3 Å². The van der Waals surface area contributed by atoms with E-state index in [9.17, 15) is 4.39 Å². The lowest BCUT2D eigenvalue weighted by atomic mass is 10.0. The molecule has 2 heterocycles. The fraction of sp³-hybridized carbons (Fsp3) is 0.500. The first-order chi connectivity index (χ1) is 13.0. The Kier molecular flexibility index (Phi) is 8.94. The monoisotopic (exact) mass is 517 g/mol. The van der Waals surface area contributed by atoms with Crippen LogP contribution in [0.15, 0.2) is 34.6 Å². The Morgan fingerprint density at radius 3 is 2.93 bits per heavy atom. The van der Waals surface area contributed by atoms with Gasteiger partial charge in [-0.3, -0.25) is 4.99 Å². The van der Waals surface area contributed by atoms with Gasteiger partial charge in [-0.1, -0.05) is 19.9 Å². The highest BCUT2D eigenvalue weighted by atomic mass is 127. The number of halogens is 2. The second-order valence-corrected chi connectivity index (χ2v) is 8.06. The molecule has 0 bridgehead atoms. The number of nitrogens with one attached hydrogen (secondary N) is 2. The third kappa shape index (κ3) is 6.30. The van der Waals surface area contributed by atoms with Crippen LogP contribution in [0.3, 0.4) is 0 Å². The lowest BCUT2D eigenvalue weighted by Gasteiger charge is -2.35. The van der Waals surface area contributed by atoms with Crippen molar-refractivity contribution in [2.24, 2.45) is 4.99 Å². The van der Waals surface area contributed by atoms with Crippen LogP contribution in [0.1, 0.15) is 43.3 Å². The summed E-state index contributed by atoms with van der Waals surface area (Å²) in [6.07, 6.45) is 2.13. The number of anilines is 1. The number of guanidine groups is 1. The van der Waals surface area contributed by atoms with E-state index in [0.29, 0.717) is 12.5 Å². The van der Waals surface area contributed by atoms with Gasteiger partial charge in [0.25, 0.3) is 0 Å². The third-order valence-corrected chi connectivity index (χ3v) is 5.85. The first-order valence-corrected chi connectivity index (χ1v) is 10.3. The van der Waals surface area contributed by atoms with Crippen molar-refractivity contribution in [3.05, 3.63) is 46.2 Å². The molecule has 154 valence electrons. The molecule has 1 atom stereocenters. The first-order valence-electron chi connectivity index (χ1n) is 9.47. The molecule has 1 aliphatic rings. The number of rotatable bonds is 5. The smallest absolute Gasteiger partial charge is 0.191 e. The van der Waals surface area contributed by atoms with Crippen molar-refractivity contribution in [3.63, 3.8) is 0 Å². The second kappa shape index (κ2) is 10.9. The molecule has 28 heavy (non-hydrogen) atoms. The SMILES string of the molecule is CN=C(NCc1csc(C(C)C)n1)NC1CCCN(c2cccc(F)c2)C1.I. The van der Waals surface area contributed by atoms with Gasteiger partial charge in [-0.15, -0.1) is 35.3 Å². The van der Waals surface area contributed by atoms with E-state index in [1.54, 1.807) is 30.5 Å². The highest BCUT2D eigenvalue weighted by molar-refractivity contribution is 14.0. The molecule has 0 spiro atoms. The van der Waals surface area contributed by atoms with Gasteiger partial charge >= 0.3 is 0 Å². The molecule has 5 nitrogen and oxygen atoms in total. The normalized spacial score (nSPS) is 17.4. The molecule has 1 aliphatic heterocycles. The van der Waals surface area contributed by atoms with Crippen LogP contribution in [0.2, 0.25) is 0 Å². The van der Waals surface area contributed by atoms with Crippen LogP contribution in [0.4, 0.5) is 10.1 Å². The zero-order valence-electron chi connectivity index (χ0n) is 16.6. The number of benzene rings is 1. The van der Waals surface area contributed by atoms with Crippen molar-refractivity contribution in [2.75, 3.05) is 25.0 Å². The van der Waals surface area contributed by atoms with Gasteiger partial charge in [0, 0.05) is 43.2 Å². The van der Waals surface area contributed by atoms with Gasteiger partial charge in [-0.2, -0.15) is 0 Å². The van der Waals surface area contributed by atoms with Gasteiger partial charge in [0.15, 0.2) is 5.96 Å². The van der Waals surface area contributed by atoms with E-state index in [2.05, 4.69) is 44.7 Å². The van der Waals surface area contributed by atoms with E-state index < -0.39 is 0 Å². The average molecular weight is 517 g/mol. The van der Waals surface area contributed by atoms with Crippen LogP contribution in [0, 0.1) is 5.82 Å². The van der Waals surface area contributed by atoms with Crippen LogP contribution in [-0.4, -0.2) is 37.1 Å². The minimum Gasteiger partial charge on any atom is -0.369 e. The molecule has 2 aromatic rings. The van der Waals surface area contributed by atoms with Gasteiger partial charge in [-0.05, 0) is 31.0 Å². The van der Waals surface area contributed by atoms with Crippen molar-refractivity contribution >= 4 is 47.0 Å². The van der Waals surface area contributed by atoms with Gasteiger partial charge in [0.2, 0.25) is 0 Å². The van der Waals surface area contributed by atoms with Crippen molar-refractivity contribution in [2.45, 2.75) is 45.2 Å². The molecular weight excluding hydrogens is 488 g/mol. The predicted octanol–water partition coefficient (Wildman–Crippen LogP) is 4.36. The summed E-state index contributed by atoms with van der Waals surface area (Å²) in [5.41, 5.74) is 1.98. The minimum atomic E-state index is -0.191. The fourth-order valence-electron chi connectivity index (χ4n) is 3.23. The second-order valence-electron chi connectivity index (χ2n) is 7.17. The molecule has 3 rings (SSSR count). The molecule has 0 radical (unpaired) electrons. The zero-order valence-corrected chi connectivity index (χ0v) is 19.8. The molecule has 1 saturated heterocycles. The van der Waals surface area contributed by atoms with Gasteiger partial charge < -0.3 is 15.5 Å². The number of hydrogen-bond acceptors (Lipinski definition) is 4. The Bertz CT molecular complexity index is 779. The Morgan fingerprint density at radius 2 is 2.25 bits per heavy atom. The molecule has 1 fully saturated rings. The van der Waals surface area contributed by atoms with Gasteiger partial charge in [-0.25, -0.2) is 9.37 Å². The lowest BCUT2D eigenvalue weighted by molar-refractivity contribution is 0.467. The first kappa shape index (κ1) is 22.9. The Balaban J connectivity index is 0.00000280. The third-order valence-electron chi connectivity index (χ3n) is 4.66. The number of hydrogen-bond donors (Lipinski definition) is 2. The summed E-state index contributed by atoms with van der Waals surface area (Å²) in [6.45, 7) is 6.75. The zero-order chi connectivity index (χ0) is 19.2. The summed E-state index contributed by atoms with van der Waals surface area (Å²) < 4.78 is 13.5. The molecular formula is C20H29FIN5S. The van der Waals surface area contributed by atoms with Gasteiger partial charge in [0.1, 0.15) is 5.82 Å². The quantitative estimate of drug-likeness (QED) is 0.352. The van der Waals surface area contributed by atoms with E-state index >= 15 is 0 Å². The maximum Gasteiger partial charge on any atom is 0.191 e. The molecule has 0 saturated carbocycles. The maximum absolute atomic E-state index is 13.5. The molecule has 1 aromatic carbocycles. The van der Waals surface area contributed by atoms with E-state index in [-0.39, 0.29) is 35.8 Å². The fourth-order valence-corrected chi connectivity index (χ4v) is 4.07. The van der Waals surface area contributed by atoms with Crippen molar-refractivity contribution < 1.29 is 4.39 Å². The summed E-state index contributed by atoms with van der Waals surface area (Å²) in [6, 6.07) is 7.09. The molecule has 0 aliphatic carbocycles. The molecule has 0 amide bonds. The van der Waals surface area contributed by atoms with Crippen molar-refractivity contribution in [3.8, 4) is 0 Å². The largest absolute Gasteiger partial charge is 0.369 e. The summed E-state index contributed by atoms with van der Waals surface area (Å²) in [5.74, 6) is 1.04. The van der Waals surface area contributed by atoms with Crippen LogP contribution in [0.5, 0.6) is 0 Å². The lowest BCUT2D eigenvalue weighted by Crippen LogP contribution is -2.51. The Labute approximate surface area is 187 Å². The van der Waals surface area contributed by atoms with E-state index in [1.807, 2.05) is 6.07 Å². The minimum absolute atomic E-state index is 0. The number of nitrogens with zero attached hydrogens (tertiary/aromatic N) is 3. The Morgan fingerprint density at radius 1 is 1.43 bits per heavy atom. The summed E-state index contributed by atoms with van der Waals surface area (Å²) >= 11 is 1.70. The summed E-state index contributed by atoms with van der Waals surface area (Å²) in [7, 11) is 1.78. The number of aliphatic imine (C=N–C) groups is 1. The molecule has 1 unspecified atom stereocenters. The summed E-state index contributed by atoms with van der Waals surface area (Å²) in [5, 5.41) is 10.1. The number of piperidine rings is 1. The maximum atomic E-state index is 13.5. The molecule has 8 heteroatoms. The van der Waals surface area contributed by atoms with Crippen LogP contribution in [-0.2, 0) is 6.54 Å². The van der Waals surface area contributed by atoms with Crippen LogP contribution < -0.4 is 15.5 Å². The van der Waals surface area contributed by atoms with Crippen molar-refractivity contribution in [1.82, 2.24) is 15.6 Å². The Hall–Kier alpha value is -1.42. The number of thiazole rings is 1. The highest BCUT2D eigenvalue weighted by Gasteiger charge is 2.21. The topological polar surface area (TPSA) is 52.6 Å². The summed E-state index contributed by atoms with van der Waals surface area (Å²) in [4.78, 5) is 11.2. The van der Waals surface area contributed by atoms with E-state index in [4.69, 9.17) is 0 Å². The van der Waals surface area contributed by atoms with Crippen molar-refractivity contribution in [1.29, 1.82) is 0 Å². The standard InChI is InChI=1S/C20H28FN5S.HI/c1-14(2)19-24-17(13-27-19)11-23-20(22-3)25-16-7-5-9-26(12-16)18-8-4-6-15(21)10-18;/h4,6,8,10,13-14,16H,5,7,9,11-12H2,1-3H3,(H2,22,23,25);1H. The molecule has 2 N–H and O–H groups in total. The van der Waals surface area contributed by atoms with Crippen LogP contribution in [0.25, 0.3) is 0 Å². The van der Waals surface area contributed by atoms with E-state index in [1.165, 1.54) is 6.07 Å². The van der Waals surface area contributed by atoms with E-state index in [0.717, 1.165) is 48.3 Å².